The van der Waals surface area contributed by atoms with Crippen molar-refractivity contribution in [2.24, 2.45) is 0 Å². The average molecular weight is 525 g/mol. The molecule has 0 saturated carbocycles. The molecule has 0 bridgehead atoms. The van der Waals surface area contributed by atoms with Crippen molar-refractivity contribution in [1.29, 1.82) is 0 Å². The number of hydrogen-bond acceptors (Lipinski definition) is 4. The van der Waals surface area contributed by atoms with E-state index in [1.54, 1.807) is 0 Å². The van der Waals surface area contributed by atoms with E-state index in [-0.39, 0.29) is 18.0 Å². The number of nitrogens with zero attached hydrogens (tertiary/aromatic N) is 4. The number of benzene rings is 1. The first-order chi connectivity index (χ1) is 18.3. The zero-order valence-electron chi connectivity index (χ0n) is 22.3. The Morgan fingerprint density at radius 3 is 2.53 bits per heavy atom. The summed E-state index contributed by atoms with van der Waals surface area (Å²) in [5, 5.41) is 7.16. The van der Waals surface area contributed by atoms with Gasteiger partial charge in [-0.15, -0.1) is 0 Å². The van der Waals surface area contributed by atoms with Crippen LogP contribution < -0.4 is 15.5 Å². The number of nitrogens with one attached hydrogen (secondary N) is 2. The molecule has 0 radical (unpaired) electrons. The summed E-state index contributed by atoms with van der Waals surface area (Å²) in [4.78, 5) is 23.5. The number of carbonyl (C=O) groups excluding carboxylic acids is 1. The minimum Gasteiger partial charge on any atom is -0.351 e. The molecule has 1 fully saturated rings. The van der Waals surface area contributed by atoms with Crippen LogP contribution in [0.4, 0.5) is 11.4 Å². The highest BCUT2D eigenvalue weighted by molar-refractivity contribution is 7.80. The largest absolute Gasteiger partial charge is 0.351 e. The number of aryl methyl sites for hydroxylation is 3. The van der Waals surface area contributed by atoms with Crippen molar-refractivity contribution >= 4 is 34.6 Å². The Bertz CT molecular complexity index is 1510. The van der Waals surface area contributed by atoms with E-state index >= 15 is 0 Å². The second kappa shape index (κ2) is 10.4. The van der Waals surface area contributed by atoms with Gasteiger partial charge in [-0.2, -0.15) is 0 Å². The monoisotopic (exact) mass is 524 g/mol. The lowest BCUT2D eigenvalue weighted by molar-refractivity contribution is -0.115. The Balaban J connectivity index is 1.64. The molecule has 0 aliphatic carbocycles. The molecule has 4 heterocycles. The molecule has 0 unspecified atom stereocenters. The second-order valence-electron chi connectivity index (χ2n) is 9.75. The Hall–Kier alpha value is -4.04. The zero-order valence-corrected chi connectivity index (χ0v) is 23.1. The van der Waals surface area contributed by atoms with Crippen molar-refractivity contribution in [3.05, 3.63) is 101 Å². The van der Waals surface area contributed by atoms with E-state index in [0.29, 0.717) is 11.5 Å². The summed E-state index contributed by atoms with van der Waals surface area (Å²) in [7, 11) is 0. The zero-order chi connectivity index (χ0) is 27.0. The average Bonchev–Trinajstić information content (AvgIpc) is 3.40. The molecule has 1 aromatic carbocycles. The standard InChI is InChI=1S/C30H32N6OS/c1-6-27(37)33-24-11-10-22(16-19(24)3)36-29(28(34-30(36)38)25-9-7-8-13-31-25)23-17-20(4)35(21(23)5)26-15-18(2)12-14-32-26/h7-17,28-29H,6H2,1-5H3,(H,33,37)(H,34,38)/t28-,29-/m0/s1. The van der Waals surface area contributed by atoms with Crippen LogP contribution in [0, 0.1) is 27.7 Å². The lowest BCUT2D eigenvalue weighted by atomic mass is 9.96. The van der Waals surface area contributed by atoms with Crippen LogP contribution in [0.2, 0.25) is 0 Å². The normalized spacial score (nSPS) is 17.0. The van der Waals surface area contributed by atoms with Gasteiger partial charge < -0.3 is 20.1 Å². The third kappa shape index (κ3) is 4.67. The van der Waals surface area contributed by atoms with E-state index < -0.39 is 0 Å². The highest BCUT2D eigenvalue weighted by Crippen LogP contribution is 2.44. The first-order valence-electron chi connectivity index (χ1n) is 12.8. The van der Waals surface area contributed by atoms with Gasteiger partial charge in [0.05, 0.1) is 17.8 Å². The summed E-state index contributed by atoms with van der Waals surface area (Å²) in [5.41, 5.74) is 8.16. The third-order valence-corrected chi connectivity index (χ3v) is 7.42. The van der Waals surface area contributed by atoms with Gasteiger partial charge in [-0.3, -0.25) is 9.78 Å². The maximum atomic E-state index is 12.0. The maximum Gasteiger partial charge on any atom is 0.224 e. The van der Waals surface area contributed by atoms with Gasteiger partial charge in [0.15, 0.2) is 5.11 Å². The van der Waals surface area contributed by atoms with Crippen molar-refractivity contribution < 1.29 is 4.79 Å². The Morgan fingerprint density at radius 2 is 1.84 bits per heavy atom. The molecule has 38 heavy (non-hydrogen) atoms. The molecule has 1 aliphatic rings. The van der Waals surface area contributed by atoms with E-state index in [0.717, 1.165) is 51.0 Å². The van der Waals surface area contributed by atoms with Crippen LogP contribution in [0.5, 0.6) is 0 Å². The number of hydrogen-bond donors (Lipinski definition) is 2. The first-order valence-corrected chi connectivity index (χ1v) is 13.2. The topological polar surface area (TPSA) is 75.1 Å². The quantitative estimate of drug-likeness (QED) is 0.300. The molecule has 2 atom stereocenters. The number of thiocarbonyl (C=S) groups is 1. The molecule has 7 nitrogen and oxygen atoms in total. The first kappa shape index (κ1) is 25.6. The van der Waals surface area contributed by atoms with Crippen LogP contribution in [0.25, 0.3) is 5.82 Å². The highest BCUT2D eigenvalue weighted by Gasteiger charge is 2.42. The molecule has 1 aliphatic heterocycles. The smallest absolute Gasteiger partial charge is 0.224 e. The van der Waals surface area contributed by atoms with Gasteiger partial charge in [0.2, 0.25) is 5.91 Å². The summed E-state index contributed by atoms with van der Waals surface area (Å²) in [6.07, 6.45) is 4.09. The number of carbonyl (C=O) groups is 1. The lowest BCUT2D eigenvalue weighted by Gasteiger charge is -2.29. The minimum atomic E-state index is -0.150. The van der Waals surface area contributed by atoms with Crippen LogP contribution in [0.3, 0.4) is 0 Å². The third-order valence-electron chi connectivity index (χ3n) is 7.10. The molecular formula is C30H32N6OS. The molecule has 8 heteroatoms. The van der Waals surface area contributed by atoms with Gasteiger partial charge in [-0.05, 0) is 105 Å². The molecule has 3 aromatic heterocycles. The second-order valence-corrected chi connectivity index (χ2v) is 10.1. The van der Waals surface area contributed by atoms with Crippen LogP contribution >= 0.6 is 12.2 Å². The van der Waals surface area contributed by atoms with E-state index in [1.807, 2.05) is 62.6 Å². The van der Waals surface area contributed by atoms with Gasteiger partial charge >= 0.3 is 0 Å². The van der Waals surface area contributed by atoms with Crippen LogP contribution in [-0.2, 0) is 4.79 Å². The predicted molar refractivity (Wildman–Crippen MR) is 156 cm³/mol. The highest BCUT2D eigenvalue weighted by atomic mass is 32.1. The van der Waals surface area contributed by atoms with Gasteiger partial charge in [0, 0.05) is 41.6 Å². The lowest BCUT2D eigenvalue weighted by Crippen LogP contribution is -2.29. The van der Waals surface area contributed by atoms with Gasteiger partial charge in [0.25, 0.3) is 0 Å². The molecule has 5 rings (SSSR count). The van der Waals surface area contributed by atoms with Crippen molar-refractivity contribution in [3.8, 4) is 5.82 Å². The predicted octanol–water partition coefficient (Wildman–Crippen LogP) is 6.03. The molecule has 194 valence electrons. The Kier molecular flexibility index (Phi) is 6.99. The van der Waals surface area contributed by atoms with Gasteiger partial charge in [-0.1, -0.05) is 13.0 Å². The van der Waals surface area contributed by atoms with Crippen molar-refractivity contribution in [2.75, 3.05) is 10.2 Å². The van der Waals surface area contributed by atoms with Crippen LogP contribution in [0.1, 0.15) is 59.2 Å². The molecule has 0 spiro atoms. The van der Waals surface area contributed by atoms with Crippen molar-refractivity contribution in [3.63, 3.8) is 0 Å². The molecule has 2 N–H and O–H groups in total. The minimum absolute atomic E-state index is 0.00972. The van der Waals surface area contributed by atoms with Gasteiger partial charge in [-0.25, -0.2) is 4.98 Å². The fraction of sp³-hybridized carbons (Fsp3) is 0.267. The molecule has 1 saturated heterocycles. The van der Waals surface area contributed by atoms with Crippen molar-refractivity contribution in [2.45, 2.75) is 53.1 Å². The number of rotatable bonds is 6. The fourth-order valence-electron chi connectivity index (χ4n) is 5.21. The summed E-state index contributed by atoms with van der Waals surface area (Å²) in [6, 6.07) is 18.0. The SMILES string of the molecule is CCC(=O)Nc1ccc(N2C(=S)N[C@@H](c3ccccn3)[C@@H]2c2cc(C)n(-c3cc(C)ccn3)c2C)cc1C. The van der Waals surface area contributed by atoms with Crippen LogP contribution in [-0.4, -0.2) is 25.6 Å². The number of anilines is 2. The number of aromatic nitrogens is 3. The summed E-state index contributed by atoms with van der Waals surface area (Å²) in [6.45, 7) is 10.2. The summed E-state index contributed by atoms with van der Waals surface area (Å²) >= 11 is 5.93. The van der Waals surface area contributed by atoms with Crippen LogP contribution in [0.15, 0.2) is 67.0 Å². The van der Waals surface area contributed by atoms with E-state index in [9.17, 15) is 4.79 Å². The number of amides is 1. The molecule has 4 aromatic rings. The van der Waals surface area contributed by atoms with E-state index in [1.165, 1.54) is 0 Å². The van der Waals surface area contributed by atoms with Gasteiger partial charge in [0.1, 0.15) is 5.82 Å². The Labute approximate surface area is 228 Å². The maximum absolute atomic E-state index is 12.0. The molecule has 1 amide bonds. The summed E-state index contributed by atoms with van der Waals surface area (Å²) in [5.74, 6) is 0.886. The Morgan fingerprint density at radius 1 is 1.03 bits per heavy atom. The number of pyridine rings is 2. The van der Waals surface area contributed by atoms with Crippen molar-refractivity contribution in [1.82, 2.24) is 19.9 Å². The van der Waals surface area contributed by atoms with E-state index in [2.05, 4.69) is 69.0 Å². The molecular weight excluding hydrogens is 492 g/mol. The summed E-state index contributed by atoms with van der Waals surface area (Å²) < 4.78 is 2.20. The van der Waals surface area contributed by atoms with E-state index in [4.69, 9.17) is 12.2 Å². The fourth-order valence-corrected chi connectivity index (χ4v) is 5.55.